The summed E-state index contributed by atoms with van der Waals surface area (Å²) < 4.78 is 5.51. The Bertz CT molecular complexity index is 508. The number of carbonyl (C=O) groups excluding carboxylic acids is 2. The molecule has 1 saturated heterocycles. The van der Waals surface area contributed by atoms with E-state index in [9.17, 15) is 9.59 Å². The molecule has 0 radical (unpaired) electrons. The fourth-order valence-corrected chi connectivity index (χ4v) is 2.46. The van der Waals surface area contributed by atoms with E-state index >= 15 is 0 Å². The standard InChI is InChI=1S/C16H22N2O3/c1-12(19)13-4-3-5-15(10-13)21-11-16(20)18-8-6-14(17-2)7-9-18/h3-5,10,14,17H,6-9,11H2,1-2H3. The van der Waals surface area contributed by atoms with Crippen molar-refractivity contribution in [2.75, 3.05) is 26.7 Å². The quantitative estimate of drug-likeness (QED) is 0.835. The molecule has 2 rings (SSSR count). The van der Waals surface area contributed by atoms with Gasteiger partial charge >= 0.3 is 0 Å². The molecule has 0 unspecified atom stereocenters. The van der Waals surface area contributed by atoms with Crippen molar-refractivity contribution in [2.45, 2.75) is 25.8 Å². The van der Waals surface area contributed by atoms with Crippen LogP contribution in [0.5, 0.6) is 5.75 Å². The molecular formula is C16H22N2O3. The van der Waals surface area contributed by atoms with Gasteiger partial charge in [0.25, 0.3) is 5.91 Å². The SMILES string of the molecule is CNC1CCN(C(=O)COc2cccc(C(C)=O)c2)CC1. The highest BCUT2D eigenvalue weighted by atomic mass is 16.5. The van der Waals surface area contributed by atoms with Crippen LogP contribution in [0, 0.1) is 0 Å². The van der Waals surface area contributed by atoms with E-state index in [4.69, 9.17) is 4.74 Å². The highest BCUT2D eigenvalue weighted by Gasteiger charge is 2.21. The van der Waals surface area contributed by atoms with Crippen LogP contribution in [0.25, 0.3) is 0 Å². The van der Waals surface area contributed by atoms with E-state index in [0.29, 0.717) is 17.4 Å². The van der Waals surface area contributed by atoms with Gasteiger partial charge in [0, 0.05) is 24.7 Å². The van der Waals surface area contributed by atoms with Gasteiger partial charge in [-0.2, -0.15) is 0 Å². The number of ketones is 1. The van der Waals surface area contributed by atoms with Gasteiger partial charge in [0.15, 0.2) is 12.4 Å². The number of benzene rings is 1. The van der Waals surface area contributed by atoms with Crippen molar-refractivity contribution < 1.29 is 14.3 Å². The molecule has 5 nitrogen and oxygen atoms in total. The Kier molecular flexibility index (Phi) is 5.33. The predicted octanol–water partition coefficient (Wildman–Crippen LogP) is 1.48. The highest BCUT2D eigenvalue weighted by molar-refractivity contribution is 5.94. The maximum absolute atomic E-state index is 12.1. The van der Waals surface area contributed by atoms with E-state index < -0.39 is 0 Å². The topological polar surface area (TPSA) is 58.6 Å². The summed E-state index contributed by atoms with van der Waals surface area (Å²) in [5, 5.41) is 3.24. The van der Waals surface area contributed by atoms with Crippen molar-refractivity contribution >= 4 is 11.7 Å². The zero-order valence-corrected chi connectivity index (χ0v) is 12.6. The van der Waals surface area contributed by atoms with Crippen LogP contribution in [0.4, 0.5) is 0 Å². The second kappa shape index (κ2) is 7.22. The number of piperidine rings is 1. The van der Waals surface area contributed by atoms with Gasteiger partial charge in [-0.25, -0.2) is 0 Å². The number of hydrogen-bond acceptors (Lipinski definition) is 4. The van der Waals surface area contributed by atoms with Gasteiger partial charge in [0.1, 0.15) is 5.75 Å². The van der Waals surface area contributed by atoms with Crippen molar-refractivity contribution in [1.29, 1.82) is 0 Å². The molecule has 0 bridgehead atoms. The average Bonchev–Trinajstić information content (AvgIpc) is 2.53. The molecule has 0 saturated carbocycles. The van der Waals surface area contributed by atoms with Crippen molar-refractivity contribution in [2.24, 2.45) is 0 Å². The number of Topliss-reactive ketones (excluding diaryl/α,β-unsaturated/α-hetero) is 1. The summed E-state index contributed by atoms with van der Waals surface area (Å²) in [6.07, 6.45) is 1.95. The minimum absolute atomic E-state index is 0.00205. The van der Waals surface area contributed by atoms with E-state index in [1.807, 2.05) is 11.9 Å². The summed E-state index contributed by atoms with van der Waals surface area (Å²) in [5.41, 5.74) is 0.592. The van der Waals surface area contributed by atoms with Crippen LogP contribution >= 0.6 is 0 Å². The molecule has 0 aliphatic carbocycles. The second-order valence-electron chi connectivity index (χ2n) is 5.32. The first-order chi connectivity index (χ1) is 10.1. The lowest BCUT2D eigenvalue weighted by molar-refractivity contribution is -0.134. The van der Waals surface area contributed by atoms with Crippen molar-refractivity contribution in [3.8, 4) is 5.75 Å². The Morgan fingerprint density at radius 1 is 1.33 bits per heavy atom. The predicted molar refractivity (Wildman–Crippen MR) is 80.6 cm³/mol. The summed E-state index contributed by atoms with van der Waals surface area (Å²) in [6, 6.07) is 7.42. The summed E-state index contributed by atoms with van der Waals surface area (Å²) in [5.74, 6) is 0.542. The lowest BCUT2D eigenvalue weighted by atomic mass is 10.1. The van der Waals surface area contributed by atoms with Crippen LogP contribution in [0.1, 0.15) is 30.1 Å². The smallest absolute Gasteiger partial charge is 0.260 e. The Labute approximate surface area is 125 Å². The van der Waals surface area contributed by atoms with E-state index in [0.717, 1.165) is 25.9 Å². The third-order valence-corrected chi connectivity index (χ3v) is 3.86. The minimum atomic E-state index is -0.0130. The summed E-state index contributed by atoms with van der Waals surface area (Å²) in [6.45, 7) is 3.06. The number of nitrogens with one attached hydrogen (secondary N) is 1. The molecular weight excluding hydrogens is 268 g/mol. The van der Waals surface area contributed by atoms with Crippen molar-refractivity contribution in [1.82, 2.24) is 10.2 Å². The molecule has 0 spiro atoms. The van der Waals surface area contributed by atoms with Crippen LogP contribution in [-0.4, -0.2) is 49.4 Å². The van der Waals surface area contributed by atoms with Gasteiger partial charge in [-0.05, 0) is 38.9 Å². The van der Waals surface area contributed by atoms with Crippen LogP contribution in [0.3, 0.4) is 0 Å². The zero-order chi connectivity index (χ0) is 15.2. The average molecular weight is 290 g/mol. The first-order valence-electron chi connectivity index (χ1n) is 7.29. The molecule has 1 N–H and O–H groups in total. The van der Waals surface area contributed by atoms with Crippen molar-refractivity contribution in [3.63, 3.8) is 0 Å². The normalized spacial score (nSPS) is 15.8. The number of hydrogen-bond donors (Lipinski definition) is 1. The molecule has 1 fully saturated rings. The first-order valence-corrected chi connectivity index (χ1v) is 7.29. The second-order valence-corrected chi connectivity index (χ2v) is 5.32. The Balaban J connectivity index is 1.84. The third kappa shape index (κ3) is 4.29. The molecule has 0 atom stereocenters. The minimum Gasteiger partial charge on any atom is -0.484 e. The molecule has 5 heteroatoms. The summed E-state index contributed by atoms with van der Waals surface area (Å²) >= 11 is 0. The number of ether oxygens (including phenoxy) is 1. The van der Waals surface area contributed by atoms with Gasteiger partial charge < -0.3 is 15.0 Å². The van der Waals surface area contributed by atoms with Gasteiger partial charge in [-0.15, -0.1) is 0 Å². The van der Waals surface area contributed by atoms with Gasteiger partial charge in [-0.3, -0.25) is 9.59 Å². The largest absolute Gasteiger partial charge is 0.484 e. The lowest BCUT2D eigenvalue weighted by Crippen LogP contribution is -2.45. The molecule has 114 valence electrons. The maximum atomic E-state index is 12.1. The molecule has 1 aromatic carbocycles. The maximum Gasteiger partial charge on any atom is 0.260 e. The van der Waals surface area contributed by atoms with Gasteiger partial charge in [0.05, 0.1) is 0 Å². The van der Waals surface area contributed by atoms with Crippen LogP contribution in [-0.2, 0) is 4.79 Å². The molecule has 1 aliphatic rings. The Morgan fingerprint density at radius 3 is 2.67 bits per heavy atom. The monoisotopic (exact) mass is 290 g/mol. The number of nitrogens with zero attached hydrogens (tertiary/aromatic N) is 1. The summed E-state index contributed by atoms with van der Waals surface area (Å²) in [7, 11) is 1.95. The number of amides is 1. The Hall–Kier alpha value is -1.88. The van der Waals surface area contributed by atoms with Gasteiger partial charge in [-0.1, -0.05) is 12.1 Å². The van der Waals surface area contributed by atoms with Crippen LogP contribution in [0.15, 0.2) is 24.3 Å². The van der Waals surface area contributed by atoms with E-state index in [1.165, 1.54) is 6.92 Å². The molecule has 1 aliphatic heterocycles. The molecule has 1 aromatic rings. The molecule has 1 heterocycles. The van der Waals surface area contributed by atoms with E-state index in [2.05, 4.69) is 5.32 Å². The fourth-order valence-electron chi connectivity index (χ4n) is 2.46. The van der Waals surface area contributed by atoms with Crippen LogP contribution < -0.4 is 10.1 Å². The lowest BCUT2D eigenvalue weighted by Gasteiger charge is -2.31. The Morgan fingerprint density at radius 2 is 2.05 bits per heavy atom. The molecule has 1 amide bonds. The number of carbonyl (C=O) groups is 2. The fraction of sp³-hybridized carbons (Fsp3) is 0.500. The van der Waals surface area contributed by atoms with E-state index in [-0.39, 0.29) is 18.3 Å². The van der Waals surface area contributed by atoms with Gasteiger partial charge in [0.2, 0.25) is 0 Å². The molecule has 0 aromatic heterocycles. The number of rotatable bonds is 5. The highest BCUT2D eigenvalue weighted by Crippen LogP contribution is 2.15. The first kappa shape index (κ1) is 15.5. The zero-order valence-electron chi connectivity index (χ0n) is 12.6. The van der Waals surface area contributed by atoms with Crippen LogP contribution in [0.2, 0.25) is 0 Å². The molecule has 21 heavy (non-hydrogen) atoms. The van der Waals surface area contributed by atoms with E-state index in [1.54, 1.807) is 24.3 Å². The van der Waals surface area contributed by atoms with Crippen molar-refractivity contribution in [3.05, 3.63) is 29.8 Å². The third-order valence-electron chi connectivity index (χ3n) is 3.86. The summed E-state index contributed by atoms with van der Waals surface area (Å²) in [4.78, 5) is 25.2. The number of likely N-dealkylation sites (tertiary alicyclic amines) is 1.